The lowest BCUT2D eigenvalue weighted by Gasteiger charge is -1.95. The van der Waals surface area contributed by atoms with E-state index in [2.05, 4.69) is 47.2 Å². The molecule has 0 unspecified atom stereocenters. The van der Waals surface area contributed by atoms with E-state index in [-0.39, 0.29) is 0 Å². The number of rotatable bonds is 2. The third-order valence-corrected chi connectivity index (χ3v) is 3.76. The van der Waals surface area contributed by atoms with Crippen LogP contribution in [0.5, 0.6) is 0 Å². The Labute approximate surface area is 117 Å². The number of H-pyrrole nitrogens is 1. The highest BCUT2D eigenvalue weighted by Gasteiger charge is 2.03. The zero-order valence-corrected chi connectivity index (χ0v) is 12.4. The maximum absolute atomic E-state index is 4.43. The first-order valence-corrected chi connectivity index (χ1v) is 7.42. The summed E-state index contributed by atoms with van der Waals surface area (Å²) < 4.78 is 1.23. The quantitative estimate of drug-likeness (QED) is 0.728. The SMILES string of the molecule is CCCC.Cc1nc2ccc(-c3cn[nH]c3)cc2s1. The lowest BCUT2D eigenvalue weighted by atomic mass is 10.1. The summed E-state index contributed by atoms with van der Waals surface area (Å²) in [7, 11) is 0. The third-order valence-electron chi connectivity index (χ3n) is 2.83. The number of fused-ring (bicyclic) bond motifs is 1. The van der Waals surface area contributed by atoms with Gasteiger partial charge in [-0.2, -0.15) is 5.10 Å². The standard InChI is InChI=1S/C11H9N3S.C4H10/c1-7-14-10-3-2-8(4-11(10)15-7)9-5-12-13-6-9;1-3-4-2/h2-6H,1H3,(H,12,13);3-4H2,1-2H3. The minimum Gasteiger partial charge on any atom is -0.285 e. The largest absolute Gasteiger partial charge is 0.285 e. The van der Waals surface area contributed by atoms with Gasteiger partial charge in [-0.1, -0.05) is 32.8 Å². The fourth-order valence-electron chi connectivity index (χ4n) is 1.63. The topological polar surface area (TPSA) is 41.6 Å². The molecule has 0 amide bonds. The number of aromatic amines is 1. The molecule has 1 aromatic carbocycles. The van der Waals surface area contributed by atoms with Crippen LogP contribution in [-0.2, 0) is 0 Å². The molecule has 1 N–H and O–H groups in total. The zero-order valence-electron chi connectivity index (χ0n) is 11.6. The molecule has 0 radical (unpaired) electrons. The molecule has 19 heavy (non-hydrogen) atoms. The first-order chi connectivity index (χ1) is 9.24. The first kappa shape index (κ1) is 13.7. The van der Waals surface area contributed by atoms with Crippen LogP contribution >= 0.6 is 11.3 Å². The highest BCUT2D eigenvalue weighted by atomic mass is 32.1. The van der Waals surface area contributed by atoms with E-state index in [0.717, 1.165) is 16.1 Å². The van der Waals surface area contributed by atoms with E-state index in [1.807, 2.05) is 19.3 Å². The molecule has 0 spiro atoms. The van der Waals surface area contributed by atoms with Crippen LogP contribution in [-0.4, -0.2) is 15.2 Å². The van der Waals surface area contributed by atoms with E-state index in [4.69, 9.17) is 0 Å². The van der Waals surface area contributed by atoms with Crippen LogP contribution in [0.2, 0.25) is 0 Å². The number of nitrogens with one attached hydrogen (secondary N) is 1. The van der Waals surface area contributed by atoms with Crippen molar-refractivity contribution in [1.82, 2.24) is 15.2 Å². The van der Waals surface area contributed by atoms with Gasteiger partial charge in [0.05, 0.1) is 21.4 Å². The van der Waals surface area contributed by atoms with E-state index in [1.165, 1.54) is 23.1 Å². The third kappa shape index (κ3) is 3.41. The smallest absolute Gasteiger partial charge is 0.0907 e. The van der Waals surface area contributed by atoms with E-state index < -0.39 is 0 Å². The maximum atomic E-state index is 4.43. The van der Waals surface area contributed by atoms with Crippen LogP contribution in [0.1, 0.15) is 31.7 Å². The Morgan fingerprint density at radius 1 is 1.16 bits per heavy atom. The predicted octanol–water partition coefficient (Wildman–Crippen LogP) is 4.80. The van der Waals surface area contributed by atoms with Crippen molar-refractivity contribution in [2.45, 2.75) is 33.6 Å². The number of hydrogen-bond acceptors (Lipinski definition) is 3. The second-order valence-corrected chi connectivity index (χ2v) is 5.64. The molecule has 100 valence electrons. The lowest BCUT2D eigenvalue weighted by molar-refractivity contribution is 0.886. The summed E-state index contributed by atoms with van der Waals surface area (Å²) >= 11 is 1.72. The van der Waals surface area contributed by atoms with Gasteiger partial charge >= 0.3 is 0 Å². The van der Waals surface area contributed by atoms with Crippen molar-refractivity contribution >= 4 is 21.6 Å². The first-order valence-electron chi connectivity index (χ1n) is 6.61. The number of unbranched alkanes of at least 4 members (excludes halogenated alkanes) is 1. The van der Waals surface area contributed by atoms with Gasteiger partial charge in [0, 0.05) is 11.8 Å². The van der Waals surface area contributed by atoms with E-state index in [0.29, 0.717) is 0 Å². The summed E-state index contributed by atoms with van der Waals surface area (Å²) in [6, 6.07) is 6.29. The average Bonchev–Trinajstić information content (AvgIpc) is 3.05. The van der Waals surface area contributed by atoms with Crippen LogP contribution in [0.25, 0.3) is 21.3 Å². The summed E-state index contributed by atoms with van der Waals surface area (Å²) in [5.41, 5.74) is 3.37. The number of benzene rings is 1. The number of aromatic nitrogens is 3. The van der Waals surface area contributed by atoms with Gasteiger partial charge in [0.1, 0.15) is 0 Å². The molecular formula is C15H19N3S. The summed E-state index contributed by atoms with van der Waals surface area (Å²) in [6.07, 6.45) is 6.37. The molecule has 0 bridgehead atoms. The van der Waals surface area contributed by atoms with Gasteiger partial charge < -0.3 is 0 Å². The molecule has 3 aromatic rings. The van der Waals surface area contributed by atoms with Gasteiger partial charge in [-0.15, -0.1) is 11.3 Å². The predicted molar refractivity (Wildman–Crippen MR) is 82.5 cm³/mol. The Hall–Kier alpha value is -1.68. The van der Waals surface area contributed by atoms with E-state index >= 15 is 0 Å². The van der Waals surface area contributed by atoms with Crippen molar-refractivity contribution in [2.75, 3.05) is 0 Å². The van der Waals surface area contributed by atoms with Crippen molar-refractivity contribution in [3.63, 3.8) is 0 Å². The minimum absolute atomic E-state index is 1.07. The Morgan fingerprint density at radius 3 is 2.58 bits per heavy atom. The number of thiazole rings is 1. The van der Waals surface area contributed by atoms with Gasteiger partial charge in [0.15, 0.2) is 0 Å². The monoisotopic (exact) mass is 273 g/mol. The number of nitrogens with zero attached hydrogens (tertiary/aromatic N) is 2. The zero-order chi connectivity index (χ0) is 13.7. The highest BCUT2D eigenvalue weighted by molar-refractivity contribution is 7.18. The minimum atomic E-state index is 1.07. The van der Waals surface area contributed by atoms with Crippen molar-refractivity contribution in [3.05, 3.63) is 35.6 Å². The molecule has 3 nitrogen and oxygen atoms in total. The average molecular weight is 273 g/mol. The molecule has 0 aliphatic carbocycles. The van der Waals surface area contributed by atoms with Gasteiger partial charge in [-0.05, 0) is 24.6 Å². The summed E-state index contributed by atoms with van der Waals surface area (Å²) in [5.74, 6) is 0. The maximum Gasteiger partial charge on any atom is 0.0907 e. The number of aryl methyl sites for hydroxylation is 1. The molecular weight excluding hydrogens is 254 g/mol. The van der Waals surface area contributed by atoms with Crippen LogP contribution < -0.4 is 0 Å². The normalized spacial score (nSPS) is 10.3. The van der Waals surface area contributed by atoms with Crippen LogP contribution in [0.4, 0.5) is 0 Å². The van der Waals surface area contributed by atoms with E-state index in [1.54, 1.807) is 11.3 Å². The van der Waals surface area contributed by atoms with Crippen molar-refractivity contribution in [3.8, 4) is 11.1 Å². The summed E-state index contributed by atoms with van der Waals surface area (Å²) in [4.78, 5) is 4.43. The Balaban J connectivity index is 0.000000297. The molecule has 2 aromatic heterocycles. The van der Waals surface area contributed by atoms with E-state index in [9.17, 15) is 0 Å². The fourth-order valence-corrected chi connectivity index (χ4v) is 2.49. The molecule has 4 heteroatoms. The summed E-state index contributed by atoms with van der Waals surface area (Å²) in [5, 5.41) is 7.87. The number of hydrogen-bond donors (Lipinski definition) is 1. The second kappa shape index (κ2) is 6.48. The molecule has 2 heterocycles. The van der Waals surface area contributed by atoms with Gasteiger partial charge in [0.2, 0.25) is 0 Å². The van der Waals surface area contributed by atoms with Crippen LogP contribution in [0.15, 0.2) is 30.6 Å². The van der Waals surface area contributed by atoms with Crippen molar-refractivity contribution in [2.24, 2.45) is 0 Å². The van der Waals surface area contributed by atoms with Crippen molar-refractivity contribution < 1.29 is 0 Å². The molecule has 0 aliphatic rings. The van der Waals surface area contributed by atoms with Gasteiger partial charge in [-0.25, -0.2) is 4.98 Å². The molecule has 0 fully saturated rings. The highest BCUT2D eigenvalue weighted by Crippen LogP contribution is 2.27. The van der Waals surface area contributed by atoms with Gasteiger partial charge in [0.25, 0.3) is 0 Å². The Bertz CT molecular complexity index is 624. The van der Waals surface area contributed by atoms with Crippen LogP contribution in [0.3, 0.4) is 0 Å². The Morgan fingerprint density at radius 2 is 1.95 bits per heavy atom. The van der Waals surface area contributed by atoms with Gasteiger partial charge in [-0.3, -0.25) is 5.10 Å². The summed E-state index contributed by atoms with van der Waals surface area (Å²) in [6.45, 7) is 6.39. The Kier molecular flexibility index (Phi) is 4.68. The second-order valence-electron chi connectivity index (χ2n) is 4.40. The fraction of sp³-hybridized carbons (Fsp3) is 0.333. The molecule has 0 aliphatic heterocycles. The molecule has 0 saturated carbocycles. The molecule has 0 saturated heterocycles. The lowest BCUT2D eigenvalue weighted by Crippen LogP contribution is -1.73. The van der Waals surface area contributed by atoms with Crippen LogP contribution in [0, 0.1) is 6.92 Å². The molecule has 0 atom stereocenters. The molecule has 3 rings (SSSR count). The van der Waals surface area contributed by atoms with Crippen molar-refractivity contribution in [1.29, 1.82) is 0 Å².